The number of ether oxygens (including phenoxy) is 1. The van der Waals surface area contributed by atoms with Crippen molar-refractivity contribution >= 4 is 17.2 Å². The molecule has 1 heterocycles. The molecule has 1 aromatic heterocycles. The number of methoxy groups -OCH3 is 1. The zero-order valence-electron chi connectivity index (χ0n) is 11.9. The van der Waals surface area contributed by atoms with Gasteiger partial charge in [0.15, 0.2) is 0 Å². The van der Waals surface area contributed by atoms with Gasteiger partial charge in [0, 0.05) is 19.1 Å². The number of amides is 1. The number of nitrogens with one attached hydrogen (secondary N) is 1. The van der Waals surface area contributed by atoms with Crippen LogP contribution >= 0.6 is 11.3 Å². The van der Waals surface area contributed by atoms with Crippen LogP contribution in [0.4, 0.5) is 0 Å². The number of aliphatic hydroxyl groups is 1. The minimum Gasteiger partial charge on any atom is -0.495 e. The van der Waals surface area contributed by atoms with Crippen molar-refractivity contribution in [1.82, 2.24) is 5.32 Å². The minimum atomic E-state index is -0.138. The van der Waals surface area contributed by atoms with E-state index in [9.17, 15) is 9.90 Å². The molecule has 21 heavy (non-hydrogen) atoms. The van der Waals surface area contributed by atoms with Gasteiger partial charge >= 0.3 is 0 Å². The predicted molar refractivity (Wildman–Crippen MR) is 84.1 cm³/mol. The fourth-order valence-corrected chi connectivity index (χ4v) is 2.96. The molecule has 2 aromatic rings. The summed E-state index contributed by atoms with van der Waals surface area (Å²) in [6, 6.07) is 11.7. The Morgan fingerprint density at radius 3 is 2.76 bits per heavy atom. The number of rotatable bonds is 7. The van der Waals surface area contributed by atoms with Crippen LogP contribution in [0.3, 0.4) is 0 Å². The summed E-state index contributed by atoms with van der Waals surface area (Å²) in [4.78, 5) is 12.8. The highest BCUT2D eigenvalue weighted by atomic mass is 32.1. The van der Waals surface area contributed by atoms with Crippen molar-refractivity contribution in [3.63, 3.8) is 0 Å². The summed E-state index contributed by atoms with van der Waals surface area (Å²) in [6.07, 6.45) is 0.617. The molecular weight excluding hydrogens is 286 g/mol. The summed E-state index contributed by atoms with van der Waals surface area (Å²) < 4.78 is 5.15. The quantitative estimate of drug-likeness (QED) is 0.827. The molecule has 5 heteroatoms. The molecule has 1 atom stereocenters. The first-order valence-electron chi connectivity index (χ1n) is 6.81. The number of carbonyl (C=O) groups is 1. The monoisotopic (exact) mass is 305 g/mol. The smallest absolute Gasteiger partial charge is 0.265 e. The van der Waals surface area contributed by atoms with Crippen LogP contribution in [0.1, 0.15) is 27.6 Å². The van der Waals surface area contributed by atoms with Gasteiger partial charge in [-0.2, -0.15) is 0 Å². The van der Waals surface area contributed by atoms with Crippen LogP contribution < -0.4 is 10.1 Å². The second-order valence-corrected chi connectivity index (χ2v) is 5.56. The maximum Gasteiger partial charge on any atom is 0.265 e. The van der Waals surface area contributed by atoms with Crippen LogP contribution in [0, 0.1) is 0 Å². The van der Waals surface area contributed by atoms with Crippen molar-refractivity contribution in [1.29, 1.82) is 0 Å². The standard InChI is InChI=1S/C16H19NO3S/c1-20-14-8-10-21-15(14)16(19)17-11-13(7-9-18)12-5-3-2-4-6-12/h2-6,8,10,13,18H,7,9,11H2,1H3,(H,17,19). The topological polar surface area (TPSA) is 58.6 Å². The Balaban J connectivity index is 2.00. The first-order valence-corrected chi connectivity index (χ1v) is 7.69. The van der Waals surface area contributed by atoms with Crippen LogP contribution in [0.5, 0.6) is 5.75 Å². The molecule has 1 amide bonds. The normalized spacial score (nSPS) is 11.9. The maximum absolute atomic E-state index is 12.2. The molecule has 0 aliphatic rings. The second-order valence-electron chi connectivity index (χ2n) is 4.65. The largest absolute Gasteiger partial charge is 0.495 e. The third kappa shape index (κ3) is 4.06. The molecule has 112 valence electrons. The average Bonchev–Trinajstić information content (AvgIpc) is 3.00. The Bertz CT molecular complexity index is 568. The third-order valence-electron chi connectivity index (χ3n) is 3.31. The van der Waals surface area contributed by atoms with Gasteiger partial charge < -0.3 is 15.2 Å². The molecule has 0 saturated heterocycles. The SMILES string of the molecule is COc1ccsc1C(=O)NCC(CCO)c1ccccc1. The van der Waals surface area contributed by atoms with Gasteiger partial charge in [0.25, 0.3) is 5.91 Å². The van der Waals surface area contributed by atoms with E-state index in [2.05, 4.69) is 5.32 Å². The Hall–Kier alpha value is -1.85. The molecule has 0 bridgehead atoms. The second kappa shape index (κ2) is 7.81. The Morgan fingerprint density at radius 2 is 2.10 bits per heavy atom. The van der Waals surface area contributed by atoms with Crippen LogP contribution in [0.15, 0.2) is 41.8 Å². The van der Waals surface area contributed by atoms with E-state index in [1.165, 1.54) is 11.3 Å². The number of hydrogen-bond acceptors (Lipinski definition) is 4. The highest BCUT2D eigenvalue weighted by Gasteiger charge is 2.16. The number of aliphatic hydroxyl groups excluding tert-OH is 1. The fraction of sp³-hybridized carbons (Fsp3) is 0.312. The summed E-state index contributed by atoms with van der Waals surface area (Å²) in [7, 11) is 1.55. The summed E-state index contributed by atoms with van der Waals surface area (Å²) in [5, 5.41) is 14.0. The van der Waals surface area contributed by atoms with Crippen LogP contribution in [0.25, 0.3) is 0 Å². The summed E-state index contributed by atoms with van der Waals surface area (Å²) >= 11 is 1.36. The number of benzene rings is 1. The van der Waals surface area contributed by atoms with Gasteiger partial charge in [0.05, 0.1) is 7.11 Å². The van der Waals surface area contributed by atoms with Crippen molar-refractivity contribution in [2.75, 3.05) is 20.3 Å². The maximum atomic E-state index is 12.2. The van der Waals surface area contributed by atoms with Crippen molar-refractivity contribution in [2.24, 2.45) is 0 Å². The van der Waals surface area contributed by atoms with Crippen molar-refractivity contribution in [3.05, 3.63) is 52.2 Å². The zero-order chi connectivity index (χ0) is 15.1. The first-order chi connectivity index (χ1) is 10.3. The van der Waals surface area contributed by atoms with E-state index in [1.807, 2.05) is 35.7 Å². The lowest BCUT2D eigenvalue weighted by Gasteiger charge is -2.17. The molecule has 0 spiro atoms. The van der Waals surface area contributed by atoms with E-state index < -0.39 is 0 Å². The molecule has 1 aromatic carbocycles. The van der Waals surface area contributed by atoms with Crippen LogP contribution in [-0.4, -0.2) is 31.3 Å². The molecule has 0 saturated carbocycles. The summed E-state index contributed by atoms with van der Waals surface area (Å²) in [5.41, 5.74) is 1.12. The number of thiophene rings is 1. The van der Waals surface area contributed by atoms with E-state index >= 15 is 0 Å². The molecule has 0 fully saturated rings. The van der Waals surface area contributed by atoms with E-state index in [1.54, 1.807) is 13.2 Å². The molecule has 2 N–H and O–H groups in total. The zero-order valence-corrected chi connectivity index (χ0v) is 12.7. The average molecular weight is 305 g/mol. The first kappa shape index (κ1) is 15.5. The lowest BCUT2D eigenvalue weighted by atomic mass is 9.96. The van der Waals surface area contributed by atoms with Crippen LogP contribution in [0.2, 0.25) is 0 Å². The summed E-state index contributed by atoms with van der Waals surface area (Å²) in [5.74, 6) is 0.558. The highest BCUT2D eigenvalue weighted by molar-refractivity contribution is 7.12. The lowest BCUT2D eigenvalue weighted by Crippen LogP contribution is -2.28. The van der Waals surface area contributed by atoms with Gasteiger partial charge in [0.2, 0.25) is 0 Å². The van der Waals surface area contributed by atoms with Gasteiger partial charge in [-0.15, -0.1) is 11.3 Å². The highest BCUT2D eigenvalue weighted by Crippen LogP contribution is 2.24. The molecule has 4 nitrogen and oxygen atoms in total. The number of carbonyl (C=O) groups excluding carboxylic acids is 1. The third-order valence-corrected chi connectivity index (χ3v) is 4.21. The van der Waals surface area contributed by atoms with E-state index in [0.29, 0.717) is 23.6 Å². The van der Waals surface area contributed by atoms with Crippen molar-refractivity contribution in [3.8, 4) is 5.75 Å². The van der Waals surface area contributed by atoms with Gasteiger partial charge in [-0.3, -0.25) is 4.79 Å². The van der Waals surface area contributed by atoms with E-state index in [-0.39, 0.29) is 18.4 Å². The fourth-order valence-electron chi connectivity index (χ4n) is 2.19. The van der Waals surface area contributed by atoms with Crippen LogP contribution in [-0.2, 0) is 0 Å². The Kier molecular flexibility index (Phi) is 5.78. The molecule has 0 radical (unpaired) electrons. The molecule has 2 rings (SSSR count). The van der Waals surface area contributed by atoms with E-state index in [0.717, 1.165) is 5.56 Å². The minimum absolute atomic E-state index is 0.0950. The van der Waals surface area contributed by atoms with Gasteiger partial charge in [0.1, 0.15) is 10.6 Å². The van der Waals surface area contributed by atoms with Crippen molar-refractivity contribution < 1.29 is 14.6 Å². The van der Waals surface area contributed by atoms with E-state index in [4.69, 9.17) is 4.74 Å². The molecule has 0 aliphatic heterocycles. The van der Waals surface area contributed by atoms with Gasteiger partial charge in [-0.25, -0.2) is 0 Å². The molecule has 1 unspecified atom stereocenters. The predicted octanol–water partition coefficient (Wildman–Crippen LogP) is 2.65. The van der Waals surface area contributed by atoms with Crippen molar-refractivity contribution in [2.45, 2.75) is 12.3 Å². The van der Waals surface area contributed by atoms with Gasteiger partial charge in [-0.1, -0.05) is 30.3 Å². The number of hydrogen-bond donors (Lipinski definition) is 2. The Labute approximate surface area is 128 Å². The summed E-state index contributed by atoms with van der Waals surface area (Å²) in [6.45, 7) is 0.586. The lowest BCUT2D eigenvalue weighted by molar-refractivity contribution is 0.0950. The van der Waals surface area contributed by atoms with Gasteiger partial charge in [-0.05, 0) is 23.4 Å². The Morgan fingerprint density at radius 1 is 1.33 bits per heavy atom. The molecular formula is C16H19NO3S. The molecule has 0 aliphatic carbocycles.